The molecule has 0 aliphatic carbocycles. The molecular formula is C20H26N2O4S. The number of aryl methyl sites for hydroxylation is 1. The molecule has 1 amide bonds. The number of hydrogen-bond donors (Lipinski definition) is 3. The van der Waals surface area contributed by atoms with Gasteiger partial charge in [-0.15, -0.1) is 0 Å². The van der Waals surface area contributed by atoms with Crippen LogP contribution in [-0.4, -0.2) is 32.1 Å². The van der Waals surface area contributed by atoms with Crippen LogP contribution in [0.15, 0.2) is 59.5 Å². The molecule has 0 fully saturated rings. The lowest BCUT2D eigenvalue weighted by Crippen LogP contribution is -2.38. The molecule has 0 aliphatic heterocycles. The van der Waals surface area contributed by atoms with Crippen LogP contribution in [0, 0.1) is 6.92 Å². The summed E-state index contributed by atoms with van der Waals surface area (Å²) in [5.74, 6) is -0.195. The van der Waals surface area contributed by atoms with Crippen molar-refractivity contribution >= 4 is 15.9 Å². The first-order valence-corrected chi connectivity index (χ1v) is 10.3. The highest BCUT2D eigenvalue weighted by atomic mass is 32.2. The first-order valence-electron chi connectivity index (χ1n) is 8.86. The maximum absolute atomic E-state index is 12.4. The Morgan fingerprint density at radius 1 is 1.07 bits per heavy atom. The van der Waals surface area contributed by atoms with E-state index < -0.39 is 16.1 Å². The summed E-state index contributed by atoms with van der Waals surface area (Å²) in [4.78, 5) is 12.3. The van der Waals surface area contributed by atoms with Gasteiger partial charge in [0.25, 0.3) is 0 Å². The topological polar surface area (TPSA) is 95.5 Å². The highest BCUT2D eigenvalue weighted by Gasteiger charge is 2.20. The van der Waals surface area contributed by atoms with E-state index in [1.165, 1.54) is 12.1 Å². The second kappa shape index (κ2) is 9.64. The van der Waals surface area contributed by atoms with Gasteiger partial charge in [-0.05, 0) is 38.0 Å². The highest BCUT2D eigenvalue weighted by Crippen LogP contribution is 2.13. The molecule has 3 N–H and O–H groups in total. The van der Waals surface area contributed by atoms with E-state index in [1.807, 2.05) is 44.2 Å². The zero-order valence-corrected chi connectivity index (χ0v) is 16.4. The number of aliphatic hydroxyl groups excluding tert-OH is 1. The lowest BCUT2D eigenvalue weighted by molar-refractivity contribution is -0.122. The lowest BCUT2D eigenvalue weighted by Gasteiger charge is -2.18. The van der Waals surface area contributed by atoms with Gasteiger partial charge in [-0.3, -0.25) is 4.79 Å². The summed E-state index contributed by atoms with van der Waals surface area (Å²) in [5.41, 5.74) is 1.95. The molecule has 0 aliphatic rings. The minimum atomic E-state index is -3.74. The molecule has 0 saturated carbocycles. The van der Waals surface area contributed by atoms with Crippen molar-refractivity contribution in [2.24, 2.45) is 0 Å². The van der Waals surface area contributed by atoms with E-state index in [0.29, 0.717) is 0 Å². The quantitative estimate of drug-likeness (QED) is 0.612. The summed E-state index contributed by atoms with van der Waals surface area (Å²) in [6.45, 7) is 3.37. The van der Waals surface area contributed by atoms with Crippen molar-refractivity contribution in [1.82, 2.24) is 10.0 Å². The van der Waals surface area contributed by atoms with Gasteiger partial charge in [0.15, 0.2) is 0 Å². The van der Waals surface area contributed by atoms with Crippen LogP contribution in [0.5, 0.6) is 0 Å². The summed E-state index contributed by atoms with van der Waals surface area (Å²) in [7, 11) is -3.74. The Labute approximate surface area is 160 Å². The summed E-state index contributed by atoms with van der Waals surface area (Å²) in [6, 6.07) is 15.1. The Morgan fingerprint density at radius 2 is 1.70 bits per heavy atom. The summed E-state index contributed by atoms with van der Waals surface area (Å²) in [5, 5.41) is 12.4. The van der Waals surface area contributed by atoms with Crippen LogP contribution in [0.1, 0.15) is 36.9 Å². The standard InChI is InChI=1S/C20H26N2O4S/c1-15-8-11-19(12-9-15)27(25,26)22-18(14-23)10-13-20(24)21-16(2)17-6-4-3-5-7-17/h3-9,11-12,16,18,22-23H,10,13-14H2,1-2H3,(H,21,24)/t16-,18+/m1/s1. The van der Waals surface area contributed by atoms with Crippen molar-refractivity contribution < 1.29 is 18.3 Å². The van der Waals surface area contributed by atoms with Crippen molar-refractivity contribution in [3.8, 4) is 0 Å². The number of benzene rings is 2. The average Bonchev–Trinajstić information content (AvgIpc) is 2.66. The molecule has 6 nitrogen and oxygen atoms in total. The molecule has 2 rings (SSSR count). The Balaban J connectivity index is 1.89. The smallest absolute Gasteiger partial charge is 0.240 e. The third-order valence-electron chi connectivity index (χ3n) is 4.27. The summed E-state index contributed by atoms with van der Waals surface area (Å²) >= 11 is 0. The van der Waals surface area contributed by atoms with E-state index in [-0.39, 0.29) is 36.3 Å². The minimum Gasteiger partial charge on any atom is -0.395 e. The van der Waals surface area contributed by atoms with Gasteiger partial charge in [-0.1, -0.05) is 48.0 Å². The second-order valence-corrected chi connectivity index (χ2v) is 8.27. The van der Waals surface area contributed by atoms with E-state index in [9.17, 15) is 18.3 Å². The lowest BCUT2D eigenvalue weighted by atomic mass is 10.1. The molecule has 0 saturated heterocycles. The maximum atomic E-state index is 12.4. The van der Waals surface area contributed by atoms with Gasteiger partial charge in [0.2, 0.25) is 15.9 Å². The van der Waals surface area contributed by atoms with Crippen molar-refractivity contribution in [3.63, 3.8) is 0 Å². The van der Waals surface area contributed by atoms with Crippen molar-refractivity contribution in [3.05, 3.63) is 65.7 Å². The molecule has 2 aromatic carbocycles. The predicted molar refractivity (Wildman–Crippen MR) is 105 cm³/mol. The van der Waals surface area contributed by atoms with E-state index in [4.69, 9.17) is 0 Å². The molecular weight excluding hydrogens is 364 g/mol. The third kappa shape index (κ3) is 6.46. The van der Waals surface area contributed by atoms with Crippen LogP contribution in [0.3, 0.4) is 0 Å². The van der Waals surface area contributed by atoms with E-state index in [0.717, 1.165) is 11.1 Å². The predicted octanol–water partition coefficient (Wildman–Crippen LogP) is 2.29. The maximum Gasteiger partial charge on any atom is 0.240 e. The molecule has 0 heterocycles. The average molecular weight is 391 g/mol. The molecule has 27 heavy (non-hydrogen) atoms. The minimum absolute atomic E-state index is 0.110. The number of aliphatic hydroxyl groups is 1. The van der Waals surface area contributed by atoms with Crippen LogP contribution in [-0.2, 0) is 14.8 Å². The number of carbonyl (C=O) groups excluding carboxylic acids is 1. The second-order valence-electron chi connectivity index (χ2n) is 6.55. The largest absolute Gasteiger partial charge is 0.395 e. The Hall–Kier alpha value is -2.22. The zero-order valence-electron chi connectivity index (χ0n) is 15.6. The van der Waals surface area contributed by atoms with Gasteiger partial charge in [0.05, 0.1) is 17.5 Å². The molecule has 146 valence electrons. The van der Waals surface area contributed by atoms with Crippen LogP contribution in [0.2, 0.25) is 0 Å². The number of hydrogen-bond acceptors (Lipinski definition) is 4. The number of nitrogens with one attached hydrogen (secondary N) is 2. The molecule has 0 bridgehead atoms. The fourth-order valence-corrected chi connectivity index (χ4v) is 3.90. The van der Waals surface area contributed by atoms with Crippen LogP contribution < -0.4 is 10.0 Å². The molecule has 0 radical (unpaired) electrons. The highest BCUT2D eigenvalue weighted by molar-refractivity contribution is 7.89. The number of rotatable bonds is 9. The first-order chi connectivity index (χ1) is 12.8. The molecule has 7 heteroatoms. The van der Waals surface area contributed by atoms with Gasteiger partial charge in [0.1, 0.15) is 0 Å². The summed E-state index contributed by atoms with van der Waals surface area (Å²) < 4.78 is 27.3. The fraction of sp³-hybridized carbons (Fsp3) is 0.350. The first kappa shape index (κ1) is 21.1. The van der Waals surface area contributed by atoms with Gasteiger partial charge < -0.3 is 10.4 Å². The number of amides is 1. The number of sulfonamides is 1. The SMILES string of the molecule is Cc1ccc(S(=O)(=O)N[C@H](CO)CCC(=O)N[C@H](C)c2ccccc2)cc1. The van der Waals surface area contributed by atoms with Crippen LogP contribution in [0.25, 0.3) is 0 Å². The van der Waals surface area contributed by atoms with E-state index in [1.54, 1.807) is 12.1 Å². The van der Waals surface area contributed by atoms with Crippen molar-refractivity contribution in [2.45, 2.75) is 43.7 Å². The fourth-order valence-electron chi connectivity index (χ4n) is 2.64. The van der Waals surface area contributed by atoms with Crippen molar-refractivity contribution in [2.75, 3.05) is 6.61 Å². The van der Waals surface area contributed by atoms with Gasteiger partial charge in [-0.2, -0.15) is 0 Å². The van der Waals surface area contributed by atoms with E-state index >= 15 is 0 Å². The Kier molecular flexibility index (Phi) is 7.53. The molecule has 2 aromatic rings. The van der Waals surface area contributed by atoms with Crippen LogP contribution >= 0.6 is 0 Å². The molecule has 0 spiro atoms. The summed E-state index contributed by atoms with van der Waals surface area (Å²) in [6.07, 6.45) is 0.313. The van der Waals surface area contributed by atoms with Gasteiger partial charge >= 0.3 is 0 Å². The van der Waals surface area contributed by atoms with Crippen molar-refractivity contribution in [1.29, 1.82) is 0 Å². The Morgan fingerprint density at radius 3 is 2.30 bits per heavy atom. The monoisotopic (exact) mass is 390 g/mol. The third-order valence-corrected chi connectivity index (χ3v) is 5.81. The molecule has 2 atom stereocenters. The van der Waals surface area contributed by atoms with E-state index in [2.05, 4.69) is 10.0 Å². The van der Waals surface area contributed by atoms with Crippen LogP contribution in [0.4, 0.5) is 0 Å². The molecule has 0 aromatic heterocycles. The Bertz CT molecular complexity index is 836. The van der Waals surface area contributed by atoms with Gasteiger partial charge in [0, 0.05) is 12.5 Å². The normalized spacial score (nSPS) is 13.7. The number of carbonyl (C=O) groups is 1. The zero-order chi connectivity index (χ0) is 19.9. The van der Waals surface area contributed by atoms with Gasteiger partial charge in [-0.25, -0.2) is 13.1 Å². The molecule has 0 unspecified atom stereocenters.